The zero-order chi connectivity index (χ0) is 17.9. The number of hydrogen-bond acceptors (Lipinski definition) is 4. The predicted octanol–water partition coefficient (Wildman–Crippen LogP) is 4.00. The van der Waals surface area contributed by atoms with Crippen LogP contribution in [0.3, 0.4) is 0 Å². The number of rotatable bonds is 5. The minimum atomic E-state index is -3.62. The molecule has 0 radical (unpaired) electrons. The van der Waals surface area contributed by atoms with Gasteiger partial charge in [-0.05, 0) is 55.0 Å². The van der Waals surface area contributed by atoms with Gasteiger partial charge in [0, 0.05) is 13.1 Å². The van der Waals surface area contributed by atoms with Crippen molar-refractivity contribution in [2.24, 2.45) is 0 Å². The van der Waals surface area contributed by atoms with Gasteiger partial charge in [-0.3, -0.25) is 4.72 Å². The minimum absolute atomic E-state index is 0.249. The highest BCUT2D eigenvalue weighted by molar-refractivity contribution is 7.92. The molecule has 0 saturated carbocycles. The Morgan fingerprint density at radius 1 is 1.00 bits per heavy atom. The van der Waals surface area contributed by atoms with E-state index in [0.29, 0.717) is 11.7 Å². The van der Waals surface area contributed by atoms with Crippen LogP contribution in [0.15, 0.2) is 47.5 Å². The maximum Gasteiger partial charge on any atom is 0.263 e. The van der Waals surface area contributed by atoms with E-state index in [9.17, 15) is 8.42 Å². The van der Waals surface area contributed by atoms with E-state index < -0.39 is 10.0 Å². The Kier molecular flexibility index (Phi) is 5.27. The van der Waals surface area contributed by atoms with Crippen LogP contribution in [0, 0.1) is 0 Å². The van der Waals surface area contributed by atoms with Crippen molar-refractivity contribution in [3.8, 4) is 0 Å². The Balaban J connectivity index is 1.72. The Labute approximate surface area is 150 Å². The first kappa shape index (κ1) is 17.7. The smallest absolute Gasteiger partial charge is 0.263 e. The quantitative estimate of drug-likeness (QED) is 0.876. The fraction of sp³-hybridized carbons (Fsp3) is 0.421. The third-order valence-corrected chi connectivity index (χ3v) is 5.94. The highest BCUT2D eigenvalue weighted by Crippen LogP contribution is 2.22. The van der Waals surface area contributed by atoms with E-state index >= 15 is 0 Å². The maximum atomic E-state index is 12.5. The van der Waals surface area contributed by atoms with Crippen molar-refractivity contribution in [3.63, 3.8) is 0 Å². The van der Waals surface area contributed by atoms with E-state index in [-0.39, 0.29) is 4.90 Å². The van der Waals surface area contributed by atoms with Crippen molar-refractivity contribution >= 4 is 21.5 Å². The van der Waals surface area contributed by atoms with Gasteiger partial charge < -0.3 is 4.90 Å². The first-order chi connectivity index (χ1) is 12.0. The first-order valence-electron chi connectivity index (χ1n) is 8.79. The van der Waals surface area contributed by atoms with Crippen LogP contribution in [0.4, 0.5) is 11.5 Å². The molecule has 2 heterocycles. The topological polar surface area (TPSA) is 62.3 Å². The number of anilines is 2. The molecule has 0 aliphatic carbocycles. The molecule has 2 aromatic rings. The van der Waals surface area contributed by atoms with Crippen molar-refractivity contribution in [3.05, 3.63) is 48.2 Å². The normalized spacial score (nSPS) is 15.4. The number of hydrogen-bond donors (Lipinski definition) is 1. The zero-order valence-corrected chi connectivity index (χ0v) is 15.6. The molecule has 3 rings (SSSR count). The Bertz CT molecular complexity index is 794. The van der Waals surface area contributed by atoms with Crippen molar-refractivity contribution in [2.45, 2.75) is 43.9 Å². The monoisotopic (exact) mass is 359 g/mol. The molecule has 1 aromatic carbocycles. The van der Waals surface area contributed by atoms with Gasteiger partial charge in [-0.25, -0.2) is 13.4 Å². The number of aromatic nitrogens is 1. The largest absolute Gasteiger partial charge is 0.370 e. The van der Waals surface area contributed by atoms with Gasteiger partial charge in [0.2, 0.25) is 0 Å². The van der Waals surface area contributed by atoms with E-state index in [1.165, 1.54) is 19.3 Å². The summed E-state index contributed by atoms with van der Waals surface area (Å²) in [6, 6.07) is 10.6. The molecule has 1 saturated heterocycles. The molecule has 0 amide bonds. The second-order valence-electron chi connectivity index (χ2n) is 6.78. The Hall–Kier alpha value is -2.08. The number of nitrogens with zero attached hydrogens (tertiary/aromatic N) is 2. The van der Waals surface area contributed by atoms with Crippen LogP contribution in [-0.4, -0.2) is 26.5 Å². The van der Waals surface area contributed by atoms with E-state index in [1.807, 2.05) is 18.2 Å². The molecule has 0 spiro atoms. The molecule has 0 atom stereocenters. The molecule has 0 bridgehead atoms. The Morgan fingerprint density at radius 2 is 1.68 bits per heavy atom. The lowest BCUT2D eigenvalue weighted by molar-refractivity contribution is 0.577. The van der Waals surface area contributed by atoms with Gasteiger partial charge >= 0.3 is 0 Å². The van der Waals surface area contributed by atoms with E-state index in [2.05, 4.69) is 28.5 Å². The molecule has 1 N–H and O–H groups in total. The summed E-state index contributed by atoms with van der Waals surface area (Å²) in [5.74, 6) is 0.711. The van der Waals surface area contributed by atoms with Crippen LogP contribution in [0.25, 0.3) is 0 Å². The van der Waals surface area contributed by atoms with Crippen LogP contribution in [-0.2, 0) is 10.0 Å². The van der Waals surface area contributed by atoms with Crippen molar-refractivity contribution in [2.75, 3.05) is 22.7 Å². The van der Waals surface area contributed by atoms with Crippen LogP contribution in [0.5, 0.6) is 0 Å². The minimum Gasteiger partial charge on any atom is -0.370 e. The number of pyridine rings is 1. The summed E-state index contributed by atoms with van der Waals surface area (Å²) in [4.78, 5) is 6.82. The molecular weight excluding hydrogens is 334 g/mol. The summed E-state index contributed by atoms with van der Waals surface area (Å²) in [5.41, 5.74) is 2.16. The summed E-state index contributed by atoms with van der Waals surface area (Å²) < 4.78 is 27.6. The van der Waals surface area contributed by atoms with Gasteiger partial charge in [-0.15, -0.1) is 0 Å². The van der Waals surface area contributed by atoms with Gasteiger partial charge in [0.25, 0.3) is 10.0 Å². The number of nitrogens with one attached hydrogen (secondary N) is 1. The van der Waals surface area contributed by atoms with Crippen LogP contribution in [0.2, 0.25) is 0 Å². The van der Waals surface area contributed by atoms with Crippen LogP contribution < -0.4 is 9.62 Å². The molecule has 1 aliphatic heterocycles. The van der Waals surface area contributed by atoms with Gasteiger partial charge in [0.1, 0.15) is 5.82 Å². The number of benzene rings is 1. The average molecular weight is 359 g/mol. The van der Waals surface area contributed by atoms with E-state index in [0.717, 1.165) is 24.3 Å². The van der Waals surface area contributed by atoms with E-state index in [1.54, 1.807) is 24.4 Å². The molecule has 134 valence electrons. The second kappa shape index (κ2) is 7.44. The summed E-state index contributed by atoms with van der Waals surface area (Å²) in [7, 11) is -3.62. The Morgan fingerprint density at radius 3 is 2.24 bits per heavy atom. The SMILES string of the molecule is CC(C)c1ccc(S(=O)(=O)Nc2ccc(N3CCCCC3)cn2)cc1. The van der Waals surface area contributed by atoms with Gasteiger partial charge in [0.15, 0.2) is 0 Å². The zero-order valence-electron chi connectivity index (χ0n) is 14.8. The number of sulfonamides is 1. The molecule has 1 aliphatic rings. The second-order valence-corrected chi connectivity index (χ2v) is 8.46. The summed E-state index contributed by atoms with van der Waals surface area (Å²) in [5, 5.41) is 0. The summed E-state index contributed by atoms with van der Waals surface area (Å²) >= 11 is 0. The molecule has 6 heteroatoms. The lowest BCUT2D eigenvalue weighted by Gasteiger charge is -2.28. The van der Waals surface area contributed by atoms with Crippen LogP contribution in [0.1, 0.15) is 44.6 Å². The molecule has 1 fully saturated rings. The fourth-order valence-electron chi connectivity index (χ4n) is 3.01. The maximum absolute atomic E-state index is 12.5. The fourth-order valence-corrected chi connectivity index (χ4v) is 4.02. The van der Waals surface area contributed by atoms with Gasteiger partial charge in [0.05, 0.1) is 16.8 Å². The van der Waals surface area contributed by atoms with Crippen molar-refractivity contribution < 1.29 is 8.42 Å². The average Bonchev–Trinajstić information content (AvgIpc) is 2.63. The van der Waals surface area contributed by atoms with Crippen molar-refractivity contribution in [1.29, 1.82) is 0 Å². The molecular formula is C19H25N3O2S. The molecule has 1 aromatic heterocycles. The summed E-state index contributed by atoms with van der Waals surface area (Å²) in [6.07, 6.45) is 5.41. The van der Waals surface area contributed by atoms with E-state index in [4.69, 9.17) is 0 Å². The predicted molar refractivity (Wildman–Crippen MR) is 102 cm³/mol. The number of piperidine rings is 1. The molecule has 0 unspecified atom stereocenters. The third kappa shape index (κ3) is 4.31. The third-order valence-electron chi connectivity index (χ3n) is 4.57. The lowest BCUT2D eigenvalue weighted by atomic mass is 10.0. The lowest BCUT2D eigenvalue weighted by Crippen LogP contribution is -2.29. The molecule has 5 nitrogen and oxygen atoms in total. The molecule has 25 heavy (non-hydrogen) atoms. The van der Waals surface area contributed by atoms with Gasteiger partial charge in [-0.1, -0.05) is 26.0 Å². The van der Waals surface area contributed by atoms with Crippen LogP contribution >= 0.6 is 0 Å². The standard InChI is InChI=1S/C19H25N3O2S/c1-15(2)16-6-9-18(10-7-16)25(23,24)21-19-11-8-17(14-20-19)22-12-4-3-5-13-22/h6-11,14-15H,3-5,12-13H2,1-2H3,(H,20,21). The highest BCUT2D eigenvalue weighted by atomic mass is 32.2. The highest BCUT2D eigenvalue weighted by Gasteiger charge is 2.16. The first-order valence-corrected chi connectivity index (χ1v) is 10.3. The van der Waals surface area contributed by atoms with Gasteiger partial charge in [-0.2, -0.15) is 0 Å². The summed E-state index contributed by atoms with van der Waals surface area (Å²) in [6.45, 7) is 6.23. The van der Waals surface area contributed by atoms with Crippen molar-refractivity contribution in [1.82, 2.24) is 4.98 Å².